The SMILES string of the molecule is CCNC(C)(CC(C)Sc1ccccc1Br)C(=O)OC. The number of methoxy groups -OCH3 is 1. The highest BCUT2D eigenvalue weighted by atomic mass is 79.9. The van der Waals surface area contributed by atoms with Crippen molar-refractivity contribution in [3.8, 4) is 0 Å². The predicted molar refractivity (Wildman–Crippen MR) is 88.2 cm³/mol. The van der Waals surface area contributed by atoms with Gasteiger partial charge >= 0.3 is 5.97 Å². The Balaban J connectivity index is 2.74. The van der Waals surface area contributed by atoms with Crippen LogP contribution < -0.4 is 5.32 Å². The van der Waals surface area contributed by atoms with Crippen LogP contribution in [-0.2, 0) is 9.53 Å². The molecule has 0 bridgehead atoms. The average molecular weight is 360 g/mol. The molecule has 0 saturated heterocycles. The molecule has 0 fully saturated rings. The van der Waals surface area contributed by atoms with E-state index in [1.165, 1.54) is 12.0 Å². The quantitative estimate of drug-likeness (QED) is 0.592. The molecular weight excluding hydrogens is 338 g/mol. The van der Waals surface area contributed by atoms with Crippen LogP contribution in [0.5, 0.6) is 0 Å². The lowest BCUT2D eigenvalue weighted by atomic mass is 9.96. The van der Waals surface area contributed by atoms with E-state index in [1.54, 1.807) is 11.8 Å². The lowest BCUT2D eigenvalue weighted by Crippen LogP contribution is -2.51. The summed E-state index contributed by atoms with van der Waals surface area (Å²) in [5.74, 6) is -0.209. The zero-order valence-corrected chi connectivity index (χ0v) is 14.8. The number of likely N-dealkylation sites (N-methyl/N-ethyl adjacent to an activating group) is 1. The topological polar surface area (TPSA) is 38.3 Å². The fourth-order valence-corrected chi connectivity index (χ4v) is 3.97. The number of nitrogens with one attached hydrogen (secondary N) is 1. The monoisotopic (exact) mass is 359 g/mol. The van der Waals surface area contributed by atoms with Crippen LogP contribution in [0.3, 0.4) is 0 Å². The zero-order valence-electron chi connectivity index (χ0n) is 12.4. The molecule has 3 nitrogen and oxygen atoms in total. The normalized spacial score (nSPS) is 15.4. The summed E-state index contributed by atoms with van der Waals surface area (Å²) in [5, 5.41) is 3.53. The third-order valence-electron chi connectivity index (χ3n) is 3.06. The van der Waals surface area contributed by atoms with Crippen molar-refractivity contribution >= 4 is 33.7 Å². The third-order valence-corrected chi connectivity index (χ3v) is 5.20. The second kappa shape index (κ2) is 8.05. The molecule has 0 saturated carbocycles. The minimum Gasteiger partial charge on any atom is -0.468 e. The zero-order chi connectivity index (χ0) is 15.2. The van der Waals surface area contributed by atoms with E-state index in [2.05, 4.69) is 34.2 Å². The Labute approximate surface area is 134 Å². The van der Waals surface area contributed by atoms with Gasteiger partial charge in [-0.1, -0.05) is 26.0 Å². The molecule has 112 valence electrons. The molecular formula is C15H22BrNO2S. The molecule has 0 aliphatic carbocycles. The smallest absolute Gasteiger partial charge is 0.325 e. The van der Waals surface area contributed by atoms with Gasteiger partial charge in [0.25, 0.3) is 0 Å². The van der Waals surface area contributed by atoms with Gasteiger partial charge in [-0.2, -0.15) is 0 Å². The first-order valence-electron chi connectivity index (χ1n) is 6.67. The first-order chi connectivity index (χ1) is 9.42. The van der Waals surface area contributed by atoms with Gasteiger partial charge in [-0.05, 0) is 48.0 Å². The number of benzene rings is 1. The van der Waals surface area contributed by atoms with E-state index in [0.29, 0.717) is 6.42 Å². The minimum absolute atomic E-state index is 0.209. The standard InChI is InChI=1S/C15H22BrNO2S/c1-5-17-15(3,14(18)19-4)10-11(2)20-13-9-7-6-8-12(13)16/h6-9,11,17H,5,10H2,1-4H3. The van der Waals surface area contributed by atoms with Gasteiger partial charge < -0.3 is 10.1 Å². The average Bonchev–Trinajstić information content (AvgIpc) is 2.40. The summed E-state index contributed by atoms with van der Waals surface area (Å²) < 4.78 is 6.01. The molecule has 20 heavy (non-hydrogen) atoms. The second-order valence-corrected chi connectivity index (χ2v) is 7.25. The van der Waals surface area contributed by atoms with Crippen LogP contribution in [0.15, 0.2) is 33.6 Å². The van der Waals surface area contributed by atoms with Crippen LogP contribution in [0.4, 0.5) is 0 Å². The number of rotatable bonds is 7. The van der Waals surface area contributed by atoms with Crippen molar-refractivity contribution in [1.29, 1.82) is 0 Å². The summed E-state index contributed by atoms with van der Waals surface area (Å²) in [6.45, 7) is 6.76. The Morgan fingerprint density at radius 3 is 2.70 bits per heavy atom. The molecule has 0 aromatic heterocycles. The Kier molecular flexibility index (Phi) is 7.06. The number of esters is 1. The third kappa shape index (κ3) is 4.79. The van der Waals surface area contributed by atoms with Crippen LogP contribution >= 0.6 is 27.7 Å². The number of thioether (sulfide) groups is 1. The highest BCUT2D eigenvalue weighted by molar-refractivity contribution is 9.10. The summed E-state index contributed by atoms with van der Waals surface area (Å²) in [5.41, 5.74) is -0.642. The predicted octanol–water partition coefficient (Wildman–Crippen LogP) is 3.86. The molecule has 1 N–H and O–H groups in total. The number of ether oxygens (including phenoxy) is 1. The van der Waals surface area contributed by atoms with Crippen LogP contribution in [0.2, 0.25) is 0 Å². The number of carbonyl (C=O) groups is 1. The number of hydrogen-bond acceptors (Lipinski definition) is 4. The largest absolute Gasteiger partial charge is 0.468 e. The molecule has 0 heterocycles. The maximum Gasteiger partial charge on any atom is 0.325 e. The number of halogens is 1. The van der Waals surface area contributed by atoms with Crippen LogP contribution in [0.25, 0.3) is 0 Å². The Hall–Kier alpha value is -0.520. The van der Waals surface area contributed by atoms with Crippen LogP contribution in [0.1, 0.15) is 27.2 Å². The van der Waals surface area contributed by atoms with Crippen molar-refractivity contribution in [2.24, 2.45) is 0 Å². The number of hydrogen-bond donors (Lipinski definition) is 1. The molecule has 1 aromatic rings. The first-order valence-corrected chi connectivity index (χ1v) is 8.35. The van der Waals surface area contributed by atoms with Gasteiger partial charge in [-0.15, -0.1) is 11.8 Å². The molecule has 0 aliphatic heterocycles. The molecule has 1 rings (SSSR count). The Bertz CT molecular complexity index is 455. The highest BCUT2D eigenvalue weighted by Gasteiger charge is 2.35. The van der Waals surface area contributed by atoms with Crippen molar-refractivity contribution in [3.05, 3.63) is 28.7 Å². The summed E-state index contributed by atoms with van der Waals surface area (Å²) in [7, 11) is 1.43. The van der Waals surface area contributed by atoms with E-state index in [0.717, 1.165) is 11.0 Å². The molecule has 0 amide bonds. The van der Waals surface area contributed by atoms with Crippen molar-refractivity contribution in [2.45, 2.75) is 42.9 Å². The molecule has 2 atom stereocenters. The lowest BCUT2D eigenvalue weighted by molar-refractivity contribution is -0.148. The molecule has 1 aromatic carbocycles. The van der Waals surface area contributed by atoms with E-state index < -0.39 is 5.54 Å². The maximum atomic E-state index is 12.0. The Morgan fingerprint density at radius 1 is 1.50 bits per heavy atom. The van der Waals surface area contributed by atoms with E-state index in [1.807, 2.05) is 32.0 Å². The summed E-state index contributed by atoms with van der Waals surface area (Å²) in [6.07, 6.45) is 0.708. The van der Waals surface area contributed by atoms with Gasteiger partial charge in [0.1, 0.15) is 5.54 Å². The van der Waals surface area contributed by atoms with Gasteiger partial charge in [0.05, 0.1) is 7.11 Å². The van der Waals surface area contributed by atoms with Gasteiger partial charge in [0, 0.05) is 14.6 Å². The van der Waals surface area contributed by atoms with Crippen molar-refractivity contribution in [1.82, 2.24) is 5.32 Å². The van der Waals surface area contributed by atoms with Crippen LogP contribution in [-0.4, -0.2) is 30.4 Å². The Morgan fingerprint density at radius 2 is 2.15 bits per heavy atom. The van der Waals surface area contributed by atoms with E-state index in [4.69, 9.17) is 4.74 Å². The second-order valence-electron chi connectivity index (χ2n) is 4.92. The summed E-state index contributed by atoms with van der Waals surface area (Å²) in [6, 6.07) is 8.12. The highest BCUT2D eigenvalue weighted by Crippen LogP contribution is 2.33. The van der Waals surface area contributed by atoms with E-state index >= 15 is 0 Å². The first kappa shape index (κ1) is 17.5. The molecule has 2 unspecified atom stereocenters. The summed E-state index contributed by atoms with van der Waals surface area (Å²) in [4.78, 5) is 13.2. The lowest BCUT2D eigenvalue weighted by Gasteiger charge is -2.30. The molecule has 0 spiro atoms. The fraction of sp³-hybridized carbons (Fsp3) is 0.533. The van der Waals surface area contributed by atoms with E-state index in [-0.39, 0.29) is 11.2 Å². The molecule has 0 aliphatic rings. The number of carbonyl (C=O) groups excluding carboxylic acids is 1. The fourth-order valence-electron chi connectivity index (χ4n) is 2.22. The van der Waals surface area contributed by atoms with Gasteiger partial charge in [0.2, 0.25) is 0 Å². The molecule has 5 heteroatoms. The van der Waals surface area contributed by atoms with E-state index in [9.17, 15) is 4.79 Å². The van der Waals surface area contributed by atoms with Crippen molar-refractivity contribution in [3.63, 3.8) is 0 Å². The van der Waals surface area contributed by atoms with Crippen molar-refractivity contribution in [2.75, 3.05) is 13.7 Å². The van der Waals surface area contributed by atoms with Gasteiger partial charge in [0.15, 0.2) is 0 Å². The van der Waals surface area contributed by atoms with Crippen molar-refractivity contribution < 1.29 is 9.53 Å². The van der Waals surface area contributed by atoms with Gasteiger partial charge in [-0.3, -0.25) is 4.79 Å². The van der Waals surface area contributed by atoms with Crippen LogP contribution in [0, 0.1) is 0 Å². The summed E-state index contributed by atoms with van der Waals surface area (Å²) >= 11 is 5.31. The minimum atomic E-state index is -0.642. The van der Waals surface area contributed by atoms with Gasteiger partial charge in [-0.25, -0.2) is 0 Å². The maximum absolute atomic E-state index is 12.0. The molecule has 0 radical (unpaired) electrons.